The Balaban J connectivity index is 2.25. The predicted octanol–water partition coefficient (Wildman–Crippen LogP) is 3.78. The highest BCUT2D eigenvalue weighted by molar-refractivity contribution is 7.17. The Labute approximate surface area is 123 Å². The van der Waals surface area contributed by atoms with Crippen molar-refractivity contribution >= 4 is 34.7 Å². The molecule has 0 unspecified atom stereocenters. The number of hydrogen-bond acceptors (Lipinski definition) is 4. The van der Waals surface area contributed by atoms with Gasteiger partial charge in [0.05, 0.1) is 4.88 Å². The maximum absolute atomic E-state index is 11.7. The molecule has 2 aromatic rings. The lowest BCUT2D eigenvalue weighted by Crippen LogP contribution is -2.02. The number of aliphatic hydroxyl groups excluding tert-OH is 1. The molecule has 0 saturated carbocycles. The summed E-state index contributed by atoms with van der Waals surface area (Å²) in [7, 11) is 0. The number of allylic oxidation sites excluding steroid dienone is 1. The first-order valence-corrected chi connectivity index (χ1v) is 6.71. The molecule has 1 heterocycles. The lowest BCUT2D eigenvalue weighted by molar-refractivity contribution is -0.135. The summed E-state index contributed by atoms with van der Waals surface area (Å²) < 4.78 is 0. The summed E-state index contributed by atoms with van der Waals surface area (Å²) in [5.41, 5.74) is 0.907. The molecule has 6 heteroatoms. The molecule has 20 heavy (non-hydrogen) atoms. The Kier molecular flexibility index (Phi) is 4.22. The smallest absolute Gasteiger partial charge is 0.371 e. The van der Waals surface area contributed by atoms with Crippen LogP contribution in [0, 0.1) is 0 Å². The highest BCUT2D eigenvalue weighted by atomic mass is 35.5. The fraction of sp³-hybridized carbons (Fsp3) is 0. The summed E-state index contributed by atoms with van der Waals surface area (Å²) in [5, 5.41) is 18.2. The van der Waals surface area contributed by atoms with Gasteiger partial charge in [-0.2, -0.15) is 0 Å². The molecular formula is C14H9ClO4S. The minimum absolute atomic E-state index is 0.350. The number of rotatable bonds is 4. The Morgan fingerprint density at radius 3 is 2.30 bits per heavy atom. The van der Waals surface area contributed by atoms with Gasteiger partial charge in [0.25, 0.3) is 0 Å². The van der Waals surface area contributed by atoms with E-state index in [-0.39, 0.29) is 0 Å². The number of aliphatic hydroxyl groups is 1. The van der Waals surface area contributed by atoms with E-state index in [1.807, 2.05) is 12.1 Å². The molecule has 0 fully saturated rings. The summed E-state index contributed by atoms with van der Waals surface area (Å²) in [6.45, 7) is 0. The van der Waals surface area contributed by atoms with Crippen molar-refractivity contribution in [2.75, 3.05) is 0 Å². The van der Waals surface area contributed by atoms with E-state index in [1.165, 1.54) is 11.3 Å². The van der Waals surface area contributed by atoms with Crippen molar-refractivity contribution in [2.24, 2.45) is 0 Å². The van der Waals surface area contributed by atoms with Gasteiger partial charge in [-0.05, 0) is 29.8 Å². The lowest BCUT2D eigenvalue weighted by atomic mass is 10.2. The van der Waals surface area contributed by atoms with Crippen LogP contribution in [0.2, 0.25) is 5.02 Å². The van der Waals surface area contributed by atoms with Crippen molar-refractivity contribution in [3.63, 3.8) is 0 Å². The van der Waals surface area contributed by atoms with Crippen molar-refractivity contribution in [2.45, 2.75) is 0 Å². The second-order valence-electron chi connectivity index (χ2n) is 3.87. The average Bonchev–Trinajstić information content (AvgIpc) is 2.89. The molecule has 0 saturated heterocycles. The first-order valence-electron chi connectivity index (χ1n) is 5.51. The number of thiophene rings is 1. The van der Waals surface area contributed by atoms with Crippen molar-refractivity contribution in [1.29, 1.82) is 0 Å². The van der Waals surface area contributed by atoms with E-state index in [9.17, 15) is 9.59 Å². The molecule has 0 bridgehead atoms. The van der Waals surface area contributed by atoms with Crippen LogP contribution in [0.5, 0.6) is 0 Å². The van der Waals surface area contributed by atoms with Crippen LogP contribution in [0.15, 0.2) is 48.2 Å². The van der Waals surface area contributed by atoms with Crippen molar-refractivity contribution in [1.82, 2.24) is 0 Å². The summed E-state index contributed by atoms with van der Waals surface area (Å²) in [6, 6.07) is 10.5. The molecule has 0 spiro atoms. The van der Waals surface area contributed by atoms with Crippen molar-refractivity contribution in [3.05, 3.63) is 58.1 Å². The fourth-order valence-corrected chi connectivity index (χ4v) is 2.55. The first-order chi connectivity index (χ1) is 9.47. The number of carbonyl (C=O) groups is 2. The van der Waals surface area contributed by atoms with Crippen LogP contribution in [-0.2, 0) is 4.79 Å². The Morgan fingerprint density at radius 1 is 1.05 bits per heavy atom. The third-order valence-corrected chi connectivity index (χ3v) is 3.87. The van der Waals surface area contributed by atoms with Crippen LogP contribution < -0.4 is 0 Å². The van der Waals surface area contributed by atoms with Gasteiger partial charge in [0.1, 0.15) is 0 Å². The molecule has 2 N–H and O–H groups in total. The number of carbonyl (C=O) groups excluding carboxylic acids is 1. The number of aliphatic carboxylic acids is 1. The van der Waals surface area contributed by atoms with E-state index in [0.717, 1.165) is 10.4 Å². The number of carboxylic acid groups (broad SMARTS) is 1. The number of halogens is 1. The maximum Gasteiger partial charge on any atom is 0.371 e. The summed E-state index contributed by atoms with van der Waals surface area (Å²) in [5.74, 6) is -3.06. The summed E-state index contributed by atoms with van der Waals surface area (Å²) >= 11 is 7.01. The van der Waals surface area contributed by atoms with Crippen LogP contribution >= 0.6 is 22.9 Å². The van der Waals surface area contributed by atoms with Gasteiger partial charge in [0.2, 0.25) is 5.76 Å². The number of benzene rings is 1. The van der Waals surface area contributed by atoms with Crippen molar-refractivity contribution in [3.8, 4) is 10.4 Å². The second kappa shape index (κ2) is 5.90. The highest BCUT2D eigenvalue weighted by Crippen LogP contribution is 2.29. The van der Waals surface area contributed by atoms with E-state index in [2.05, 4.69) is 0 Å². The number of hydrogen-bond donors (Lipinski definition) is 2. The van der Waals surface area contributed by atoms with E-state index >= 15 is 0 Å². The molecule has 1 aromatic carbocycles. The Morgan fingerprint density at radius 2 is 1.70 bits per heavy atom. The van der Waals surface area contributed by atoms with Crippen LogP contribution in [0.25, 0.3) is 10.4 Å². The predicted molar refractivity (Wildman–Crippen MR) is 77.4 cm³/mol. The molecule has 0 aliphatic heterocycles. The average molecular weight is 309 g/mol. The molecule has 102 valence electrons. The largest absolute Gasteiger partial charge is 0.502 e. The van der Waals surface area contributed by atoms with Gasteiger partial charge in [-0.1, -0.05) is 23.7 Å². The third kappa shape index (κ3) is 3.26. The Bertz CT molecular complexity index is 685. The molecule has 0 aliphatic rings. The van der Waals surface area contributed by atoms with Gasteiger partial charge in [-0.25, -0.2) is 4.79 Å². The van der Waals surface area contributed by atoms with E-state index in [4.69, 9.17) is 21.8 Å². The standard InChI is InChI=1S/C14H9ClO4S/c15-9-3-1-8(2-4-9)12-5-6-13(20-12)10(16)7-11(17)14(18)19/h1-7,17H,(H,18,19). The monoisotopic (exact) mass is 308 g/mol. The molecule has 0 radical (unpaired) electrons. The summed E-state index contributed by atoms with van der Waals surface area (Å²) in [4.78, 5) is 23.4. The van der Waals surface area contributed by atoms with Crippen LogP contribution in [0.3, 0.4) is 0 Å². The molecule has 4 nitrogen and oxygen atoms in total. The zero-order valence-electron chi connectivity index (χ0n) is 10.0. The SMILES string of the molecule is O=C(O)C(O)=CC(=O)c1ccc(-c2ccc(Cl)cc2)s1. The van der Waals surface area contributed by atoms with Crippen LogP contribution in [0.1, 0.15) is 9.67 Å². The molecule has 1 aromatic heterocycles. The van der Waals surface area contributed by atoms with Gasteiger partial charge in [-0.15, -0.1) is 11.3 Å². The number of ketones is 1. The molecule has 0 aliphatic carbocycles. The van der Waals surface area contributed by atoms with E-state index in [1.54, 1.807) is 24.3 Å². The molecule has 2 rings (SSSR count). The maximum atomic E-state index is 11.7. The molecule has 0 atom stereocenters. The van der Waals surface area contributed by atoms with Crippen molar-refractivity contribution < 1.29 is 19.8 Å². The van der Waals surface area contributed by atoms with Gasteiger partial charge in [0.15, 0.2) is 5.78 Å². The van der Waals surface area contributed by atoms with Crippen LogP contribution in [0.4, 0.5) is 0 Å². The number of carboxylic acids is 1. The lowest BCUT2D eigenvalue weighted by Gasteiger charge is -1.96. The summed E-state index contributed by atoms with van der Waals surface area (Å²) in [6.07, 6.45) is 0.694. The normalized spacial score (nSPS) is 11.3. The van der Waals surface area contributed by atoms with Crippen LogP contribution in [-0.4, -0.2) is 22.0 Å². The van der Waals surface area contributed by atoms with E-state index < -0.39 is 17.5 Å². The third-order valence-electron chi connectivity index (χ3n) is 2.46. The first kappa shape index (κ1) is 14.3. The van der Waals surface area contributed by atoms with Gasteiger partial charge in [0, 0.05) is 16.0 Å². The minimum atomic E-state index is -1.53. The zero-order chi connectivity index (χ0) is 14.7. The van der Waals surface area contributed by atoms with Gasteiger partial charge >= 0.3 is 5.97 Å². The second-order valence-corrected chi connectivity index (χ2v) is 5.39. The quantitative estimate of drug-likeness (QED) is 0.512. The van der Waals surface area contributed by atoms with Gasteiger partial charge in [-0.3, -0.25) is 4.79 Å². The topological polar surface area (TPSA) is 74.6 Å². The fourth-order valence-electron chi connectivity index (χ4n) is 1.50. The highest BCUT2D eigenvalue weighted by Gasteiger charge is 2.12. The van der Waals surface area contributed by atoms with Gasteiger partial charge < -0.3 is 10.2 Å². The minimum Gasteiger partial charge on any atom is -0.502 e. The molecular weight excluding hydrogens is 300 g/mol. The zero-order valence-corrected chi connectivity index (χ0v) is 11.6. The molecule has 0 amide bonds. The van der Waals surface area contributed by atoms with E-state index in [0.29, 0.717) is 16.0 Å². The Hall–Kier alpha value is -2.11.